The maximum absolute atomic E-state index is 11.3. The smallest absolute Gasteiger partial charge is 0.275 e. The van der Waals surface area contributed by atoms with Crippen molar-refractivity contribution in [2.45, 2.75) is 32.2 Å². The maximum atomic E-state index is 11.3. The van der Waals surface area contributed by atoms with Gasteiger partial charge in [0.25, 0.3) is 5.91 Å². The first kappa shape index (κ1) is 8.99. The highest BCUT2D eigenvalue weighted by molar-refractivity contribution is 6.06. The number of hydrogen-bond acceptors (Lipinski definition) is 3. The van der Waals surface area contributed by atoms with Crippen LogP contribution in [-0.2, 0) is 4.79 Å². The summed E-state index contributed by atoms with van der Waals surface area (Å²) in [6.07, 6.45) is 1.08. The van der Waals surface area contributed by atoms with E-state index in [0.717, 1.165) is 5.01 Å². The molecular formula is C7H13N3O2. The standard InChI is InChI=1S/C7H13N3O2/c1-3-7(4-2)5(11)9-6(12)10(7)8/h3-4,8H2,1-2H3,(H,9,11,12). The Morgan fingerprint density at radius 3 is 2.08 bits per heavy atom. The molecule has 3 amide bonds. The molecule has 0 aliphatic carbocycles. The lowest BCUT2D eigenvalue weighted by molar-refractivity contribution is -0.127. The summed E-state index contributed by atoms with van der Waals surface area (Å²) in [5.74, 6) is 5.18. The largest absolute Gasteiger partial charge is 0.339 e. The number of nitrogens with two attached hydrogens (primary N) is 1. The molecule has 68 valence electrons. The van der Waals surface area contributed by atoms with E-state index >= 15 is 0 Å². The van der Waals surface area contributed by atoms with E-state index in [1.165, 1.54) is 0 Å². The molecule has 0 unspecified atom stereocenters. The third-order valence-electron chi connectivity index (χ3n) is 2.49. The first-order valence-electron chi connectivity index (χ1n) is 3.98. The molecule has 1 aliphatic rings. The van der Waals surface area contributed by atoms with Crippen molar-refractivity contribution < 1.29 is 9.59 Å². The minimum Gasteiger partial charge on any atom is -0.275 e. The summed E-state index contributed by atoms with van der Waals surface area (Å²) in [6.45, 7) is 3.67. The number of hydrogen-bond donors (Lipinski definition) is 2. The number of imide groups is 1. The zero-order valence-electron chi connectivity index (χ0n) is 7.26. The van der Waals surface area contributed by atoms with E-state index < -0.39 is 11.6 Å². The van der Waals surface area contributed by atoms with Crippen molar-refractivity contribution in [1.82, 2.24) is 10.3 Å². The van der Waals surface area contributed by atoms with Crippen LogP contribution in [-0.4, -0.2) is 22.5 Å². The average Bonchev–Trinajstić information content (AvgIpc) is 2.26. The highest BCUT2D eigenvalue weighted by Crippen LogP contribution is 2.25. The molecule has 3 N–H and O–H groups in total. The number of nitrogens with one attached hydrogen (secondary N) is 1. The molecular weight excluding hydrogens is 158 g/mol. The van der Waals surface area contributed by atoms with Gasteiger partial charge in [-0.05, 0) is 12.8 Å². The molecule has 0 saturated carbocycles. The Morgan fingerprint density at radius 1 is 1.42 bits per heavy atom. The third kappa shape index (κ3) is 0.896. The molecule has 1 fully saturated rings. The molecule has 5 heteroatoms. The number of rotatable bonds is 2. The van der Waals surface area contributed by atoms with Crippen molar-refractivity contribution in [2.75, 3.05) is 0 Å². The van der Waals surface area contributed by atoms with Crippen molar-refractivity contribution in [1.29, 1.82) is 0 Å². The fourth-order valence-electron chi connectivity index (χ4n) is 1.49. The van der Waals surface area contributed by atoms with Gasteiger partial charge in [0, 0.05) is 0 Å². The van der Waals surface area contributed by atoms with Gasteiger partial charge in [-0.15, -0.1) is 0 Å². The van der Waals surface area contributed by atoms with Crippen LogP contribution in [0.3, 0.4) is 0 Å². The summed E-state index contributed by atoms with van der Waals surface area (Å²) in [5, 5.41) is 3.18. The molecule has 0 aromatic rings. The normalized spacial score (nSPS) is 21.4. The summed E-state index contributed by atoms with van der Waals surface area (Å²) in [6, 6.07) is -0.510. The Bertz CT molecular complexity index is 223. The van der Waals surface area contributed by atoms with Gasteiger partial charge in [-0.2, -0.15) is 0 Å². The maximum Gasteiger partial charge on any atom is 0.339 e. The molecule has 1 heterocycles. The summed E-state index contributed by atoms with van der Waals surface area (Å²) in [5.41, 5.74) is -0.822. The van der Waals surface area contributed by atoms with Crippen LogP contribution < -0.4 is 11.2 Å². The predicted octanol–water partition coefficient (Wildman–Crippen LogP) is -0.0293. The van der Waals surface area contributed by atoms with Crippen LogP contribution in [0.1, 0.15) is 26.7 Å². The minimum atomic E-state index is -0.822. The van der Waals surface area contributed by atoms with Crippen LogP contribution in [0.25, 0.3) is 0 Å². The van der Waals surface area contributed by atoms with Crippen molar-refractivity contribution in [3.05, 3.63) is 0 Å². The first-order valence-corrected chi connectivity index (χ1v) is 3.98. The number of amides is 3. The van der Waals surface area contributed by atoms with Crippen LogP contribution >= 0.6 is 0 Å². The molecule has 1 aliphatic heterocycles. The summed E-state index contributed by atoms with van der Waals surface area (Å²) in [7, 11) is 0. The van der Waals surface area contributed by atoms with Gasteiger partial charge in [0.05, 0.1) is 0 Å². The van der Waals surface area contributed by atoms with E-state index in [0.29, 0.717) is 12.8 Å². The molecule has 0 aromatic heterocycles. The fourth-order valence-corrected chi connectivity index (χ4v) is 1.49. The van der Waals surface area contributed by atoms with Crippen molar-refractivity contribution in [3.63, 3.8) is 0 Å². The van der Waals surface area contributed by atoms with E-state index in [2.05, 4.69) is 5.32 Å². The van der Waals surface area contributed by atoms with Gasteiger partial charge in [-0.3, -0.25) is 10.1 Å². The monoisotopic (exact) mass is 171 g/mol. The molecule has 0 atom stereocenters. The Kier molecular flexibility index (Phi) is 2.06. The van der Waals surface area contributed by atoms with E-state index in [-0.39, 0.29) is 5.91 Å². The molecule has 1 rings (SSSR count). The Morgan fingerprint density at radius 2 is 1.92 bits per heavy atom. The number of urea groups is 1. The van der Waals surface area contributed by atoms with Gasteiger partial charge in [0.1, 0.15) is 5.54 Å². The molecule has 12 heavy (non-hydrogen) atoms. The number of carbonyl (C=O) groups excluding carboxylic acids is 2. The zero-order valence-corrected chi connectivity index (χ0v) is 7.26. The fraction of sp³-hybridized carbons (Fsp3) is 0.714. The second-order valence-corrected chi connectivity index (χ2v) is 2.87. The van der Waals surface area contributed by atoms with Crippen LogP contribution in [0.2, 0.25) is 0 Å². The van der Waals surface area contributed by atoms with Crippen LogP contribution in [0.4, 0.5) is 4.79 Å². The third-order valence-corrected chi connectivity index (χ3v) is 2.49. The second kappa shape index (κ2) is 2.75. The van der Waals surface area contributed by atoms with Crippen molar-refractivity contribution in [2.24, 2.45) is 5.84 Å². The SMILES string of the molecule is CCC1(CC)C(=O)NC(=O)N1N. The Hall–Kier alpha value is -1.10. The summed E-state index contributed by atoms with van der Waals surface area (Å²) >= 11 is 0. The van der Waals surface area contributed by atoms with Gasteiger partial charge in [-0.25, -0.2) is 15.6 Å². The molecule has 0 spiro atoms. The highest BCUT2D eigenvalue weighted by Gasteiger charge is 2.49. The quantitative estimate of drug-likeness (QED) is 0.348. The minimum absolute atomic E-state index is 0.292. The summed E-state index contributed by atoms with van der Waals surface area (Å²) < 4.78 is 0. The molecule has 5 nitrogen and oxygen atoms in total. The summed E-state index contributed by atoms with van der Waals surface area (Å²) in [4.78, 5) is 22.3. The van der Waals surface area contributed by atoms with Gasteiger partial charge < -0.3 is 0 Å². The van der Waals surface area contributed by atoms with Gasteiger partial charge in [-0.1, -0.05) is 13.8 Å². The zero-order chi connectivity index (χ0) is 9.35. The van der Waals surface area contributed by atoms with E-state index in [1.54, 1.807) is 0 Å². The first-order chi connectivity index (χ1) is 5.58. The van der Waals surface area contributed by atoms with Gasteiger partial charge in [0.2, 0.25) is 0 Å². The van der Waals surface area contributed by atoms with E-state index in [9.17, 15) is 9.59 Å². The lowest BCUT2D eigenvalue weighted by Crippen LogP contribution is -2.52. The number of carbonyl (C=O) groups is 2. The van der Waals surface area contributed by atoms with E-state index in [1.807, 2.05) is 13.8 Å². The van der Waals surface area contributed by atoms with E-state index in [4.69, 9.17) is 5.84 Å². The van der Waals surface area contributed by atoms with Crippen LogP contribution in [0.5, 0.6) is 0 Å². The van der Waals surface area contributed by atoms with Crippen LogP contribution in [0.15, 0.2) is 0 Å². The second-order valence-electron chi connectivity index (χ2n) is 2.87. The van der Waals surface area contributed by atoms with Crippen molar-refractivity contribution >= 4 is 11.9 Å². The average molecular weight is 171 g/mol. The predicted molar refractivity (Wildman–Crippen MR) is 42.9 cm³/mol. The van der Waals surface area contributed by atoms with Gasteiger partial charge >= 0.3 is 6.03 Å². The molecule has 0 bridgehead atoms. The molecule has 1 saturated heterocycles. The van der Waals surface area contributed by atoms with Gasteiger partial charge in [0.15, 0.2) is 0 Å². The lowest BCUT2D eigenvalue weighted by Gasteiger charge is -2.29. The Labute approximate surface area is 70.9 Å². The molecule has 0 radical (unpaired) electrons. The number of hydrazine groups is 1. The topological polar surface area (TPSA) is 75.4 Å². The lowest BCUT2D eigenvalue weighted by atomic mass is 9.93. The Balaban J connectivity index is 3.01. The molecule has 0 aromatic carbocycles. The van der Waals surface area contributed by atoms with Crippen LogP contribution in [0, 0.1) is 0 Å². The number of nitrogens with zero attached hydrogens (tertiary/aromatic N) is 1. The highest BCUT2D eigenvalue weighted by atomic mass is 16.2. The van der Waals surface area contributed by atoms with Crippen molar-refractivity contribution in [3.8, 4) is 0 Å².